The molecule has 0 spiro atoms. The minimum Gasteiger partial charge on any atom is -0.491 e. The Labute approximate surface area is 215 Å². The van der Waals surface area contributed by atoms with E-state index in [9.17, 15) is 9.59 Å². The number of benzene rings is 4. The molecular weight excluding hydrogens is 468 g/mol. The van der Waals surface area contributed by atoms with Gasteiger partial charge in [0.2, 0.25) is 0 Å². The van der Waals surface area contributed by atoms with Crippen molar-refractivity contribution >= 4 is 22.6 Å². The molecule has 1 unspecified atom stereocenters. The van der Waals surface area contributed by atoms with Crippen LogP contribution in [0.4, 0.5) is 0 Å². The second-order valence-corrected chi connectivity index (χ2v) is 8.87. The zero-order chi connectivity index (χ0) is 25.5. The van der Waals surface area contributed by atoms with Gasteiger partial charge in [0.05, 0.1) is 6.10 Å². The van der Waals surface area contributed by atoms with E-state index < -0.39 is 11.8 Å². The number of ether oxygens (including phenoxy) is 3. The van der Waals surface area contributed by atoms with E-state index in [1.807, 2.05) is 48.5 Å². The van der Waals surface area contributed by atoms with Gasteiger partial charge in [-0.2, -0.15) is 0 Å². The number of rotatable bonds is 8. The van der Waals surface area contributed by atoms with Gasteiger partial charge in [-0.25, -0.2) is 0 Å². The lowest BCUT2D eigenvalue weighted by Gasteiger charge is -2.12. The van der Waals surface area contributed by atoms with Gasteiger partial charge in [-0.15, -0.1) is 0 Å². The van der Waals surface area contributed by atoms with Crippen molar-refractivity contribution in [2.24, 2.45) is 0 Å². The van der Waals surface area contributed by atoms with Crippen LogP contribution < -0.4 is 20.3 Å². The third kappa shape index (κ3) is 6.45. The topological polar surface area (TPSA) is 85.9 Å². The molecule has 4 aromatic carbocycles. The smallest absolute Gasteiger partial charge is 0.269 e. The molecule has 1 fully saturated rings. The van der Waals surface area contributed by atoms with Crippen LogP contribution in [0.1, 0.15) is 39.1 Å². The Morgan fingerprint density at radius 2 is 1.41 bits per heavy atom. The molecule has 7 nitrogen and oxygen atoms in total. The van der Waals surface area contributed by atoms with Crippen molar-refractivity contribution in [2.75, 3.05) is 13.2 Å². The van der Waals surface area contributed by atoms with Crippen molar-refractivity contribution in [3.63, 3.8) is 0 Å². The maximum Gasteiger partial charge on any atom is 0.269 e. The van der Waals surface area contributed by atoms with E-state index in [-0.39, 0.29) is 6.10 Å². The Morgan fingerprint density at radius 3 is 2.08 bits per heavy atom. The predicted octanol–water partition coefficient (Wildman–Crippen LogP) is 5.05. The van der Waals surface area contributed by atoms with Crippen molar-refractivity contribution in [3.8, 4) is 11.5 Å². The second kappa shape index (κ2) is 11.6. The van der Waals surface area contributed by atoms with Crippen molar-refractivity contribution in [2.45, 2.75) is 25.6 Å². The highest BCUT2D eigenvalue weighted by molar-refractivity contribution is 5.99. The summed E-state index contributed by atoms with van der Waals surface area (Å²) < 4.78 is 17.2. The van der Waals surface area contributed by atoms with Crippen LogP contribution in [-0.2, 0) is 11.3 Å². The summed E-state index contributed by atoms with van der Waals surface area (Å²) in [6.07, 6.45) is 2.19. The molecule has 7 heteroatoms. The van der Waals surface area contributed by atoms with Gasteiger partial charge in [0.1, 0.15) is 24.7 Å². The molecular formula is C30H28N2O5. The largest absolute Gasteiger partial charge is 0.491 e. The average molecular weight is 497 g/mol. The lowest BCUT2D eigenvalue weighted by atomic mass is 10.1. The molecule has 0 saturated carbocycles. The number of hydrogen-bond acceptors (Lipinski definition) is 5. The summed E-state index contributed by atoms with van der Waals surface area (Å²) in [4.78, 5) is 24.9. The van der Waals surface area contributed by atoms with E-state index in [4.69, 9.17) is 14.2 Å². The van der Waals surface area contributed by atoms with E-state index in [0.717, 1.165) is 41.5 Å². The zero-order valence-electron chi connectivity index (χ0n) is 20.3. The maximum absolute atomic E-state index is 12.5. The Kier molecular flexibility index (Phi) is 7.62. The molecule has 1 aliphatic heterocycles. The highest BCUT2D eigenvalue weighted by Crippen LogP contribution is 2.21. The molecule has 2 N–H and O–H groups in total. The lowest BCUT2D eigenvalue weighted by Crippen LogP contribution is -2.41. The Hall–Kier alpha value is -4.36. The Morgan fingerprint density at radius 1 is 0.757 bits per heavy atom. The van der Waals surface area contributed by atoms with E-state index in [1.165, 1.54) is 0 Å². The highest BCUT2D eigenvalue weighted by Gasteiger charge is 2.16. The van der Waals surface area contributed by atoms with Crippen LogP contribution in [0.2, 0.25) is 0 Å². The van der Waals surface area contributed by atoms with Gasteiger partial charge in [0.25, 0.3) is 11.8 Å². The first-order valence-corrected chi connectivity index (χ1v) is 12.3. The standard InChI is InChI=1S/C30H28N2O5/c33-29(31-32-30(34)24-12-14-26(15-13-24)37-20-28-6-3-17-35-28)23-9-7-21(8-10-23)19-36-27-16-11-22-4-1-2-5-25(22)18-27/h1-2,4-5,7-16,18,28H,3,6,17,19-20H2,(H,31,33)(H,32,34). The Bertz CT molecular complexity index is 1360. The highest BCUT2D eigenvalue weighted by atomic mass is 16.5. The van der Waals surface area contributed by atoms with Crippen molar-refractivity contribution in [3.05, 3.63) is 108 Å². The van der Waals surface area contributed by atoms with Gasteiger partial charge in [0.15, 0.2) is 0 Å². The summed E-state index contributed by atoms with van der Waals surface area (Å²) >= 11 is 0. The first-order chi connectivity index (χ1) is 18.1. The minimum atomic E-state index is -0.417. The summed E-state index contributed by atoms with van der Waals surface area (Å²) in [5.41, 5.74) is 6.65. The molecule has 2 amide bonds. The number of nitrogens with one attached hydrogen (secondary N) is 2. The van der Waals surface area contributed by atoms with Crippen LogP contribution in [0.15, 0.2) is 91.0 Å². The number of fused-ring (bicyclic) bond motifs is 1. The monoisotopic (exact) mass is 496 g/mol. The lowest BCUT2D eigenvalue weighted by molar-refractivity contribution is 0.0679. The molecule has 4 aromatic rings. The molecule has 37 heavy (non-hydrogen) atoms. The molecule has 5 rings (SSSR count). The van der Waals surface area contributed by atoms with Gasteiger partial charge >= 0.3 is 0 Å². The van der Waals surface area contributed by atoms with E-state index >= 15 is 0 Å². The van der Waals surface area contributed by atoms with Crippen LogP contribution in [0.25, 0.3) is 10.8 Å². The van der Waals surface area contributed by atoms with Crippen LogP contribution >= 0.6 is 0 Å². The molecule has 0 aliphatic carbocycles. The third-order valence-electron chi connectivity index (χ3n) is 6.21. The van der Waals surface area contributed by atoms with Gasteiger partial charge in [0, 0.05) is 17.7 Å². The molecule has 1 saturated heterocycles. The third-order valence-corrected chi connectivity index (χ3v) is 6.21. The molecule has 1 atom stereocenters. The van der Waals surface area contributed by atoms with E-state index in [2.05, 4.69) is 16.9 Å². The Balaban J connectivity index is 1.08. The van der Waals surface area contributed by atoms with E-state index in [1.54, 1.807) is 36.4 Å². The van der Waals surface area contributed by atoms with Crippen LogP contribution in [-0.4, -0.2) is 31.1 Å². The first-order valence-electron chi connectivity index (χ1n) is 12.3. The van der Waals surface area contributed by atoms with Crippen molar-refractivity contribution in [1.29, 1.82) is 0 Å². The minimum absolute atomic E-state index is 0.129. The normalized spacial score (nSPS) is 14.8. The molecule has 0 radical (unpaired) electrons. The fourth-order valence-corrected chi connectivity index (χ4v) is 4.10. The number of carbonyl (C=O) groups excluding carboxylic acids is 2. The summed E-state index contributed by atoms with van der Waals surface area (Å²) in [5.74, 6) is 0.623. The van der Waals surface area contributed by atoms with Gasteiger partial charge in [-0.3, -0.25) is 20.4 Å². The molecule has 1 aliphatic rings. The summed E-state index contributed by atoms with van der Waals surface area (Å²) in [7, 11) is 0. The van der Waals surface area contributed by atoms with Crippen LogP contribution in [0.5, 0.6) is 11.5 Å². The SMILES string of the molecule is O=C(NNC(=O)c1ccc(OCC2CCCO2)cc1)c1ccc(COc2ccc3ccccc3c2)cc1. The predicted molar refractivity (Wildman–Crippen MR) is 141 cm³/mol. The van der Waals surface area contributed by atoms with Crippen LogP contribution in [0.3, 0.4) is 0 Å². The summed E-state index contributed by atoms with van der Waals surface area (Å²) in [6, 6.07) is 27.9. The fraction of sp³-hybridized carbons (Fsp3) is 0.200. The van der Waals surface area contributed by atoms with Crippen molar-refractivity contribution < 1.29 is 23.8 Å². The quantitative estimate of drug-likeness (QED) is 0.334. The maximum atomic E-state index is 12.5. The zero-order valence-corrected chi connectivity index (χ0v) is 20.3. The first kappa shape index (κ1) is 24.3. The average Bonchev–Trinajstić information content (AvgIpc) is 3.48. The van der Waals surface area contributed by atoms with Gasteiger partial charge < -0.3 is 14.2 Å². The summed E-state index contributed by atoms with van der Waals surface area (Å²) in [5, 5.41) is 2.28. The number of hydrogen-bond donors (Lipinski definition) is 2. The molecule has 188 valence electrons. The molecule has 0 aromatic heterocycles. The number of hydrazine groups is 1. The molecule has 0 bridgehead atoms. The molecule has 1 heterocycles. The second-order valence-electron chi connectivity index (χ2n) is 8.87. The van der Waals surface area contributed by atoms with Crippen molar-refractivity contribution in [1.82, 2.24) is 10.9 Å². The number of amides is 2. The van der Waals surface area contributed by atoms with E-state index in [0.29, 0.717) is 30.1 Å². The van der Waals surface area contributed by atoms with Crippen LogP contribution in [0, 0.1) is 0 Å². The fourth-order valence-electron chi connectivity index (χ4n) is 4.10. The summed E-state index contributed by atoms with van der Waals surface area (Å²) in [6.45, 7) is 1.66. The van der Waals surface area contributed by atoms with Gasteiger partial charge in [-0.1, -0.05) is 42.5 Å². The van der Waals surface area contributed by atoms with Gasteiger partial charge in [-0.05, 0) is 77.7 Å². The number of carbonyl (C=O) groups is 2.